The van der Waals surface area contributed by atoms with Gasteiger partial charge in [0.2, 0.25) is 0 Å². The standard InChI is InChI=1S/C17H17BrN2O4/c1-22-13-6-4-11(16(9-13)24-3)10-19-20-17(21)14-8-12(18)5-7-15(14)23-2/h4-10H,1-3H3,(H,20,21)/b19-10+. The summed E-state index contributed by atoms with van der Waals surface area (Å²) in [6.07, 6.45) is 1.50. The van der Waals surface area contributed by atoms with E-state index >= 15 is 0 Å². The van der Waals surface area contributed by atoms with E-state index in [0.717, 1.165) is 4.47 Å². The number of ether oxygens (including phenoxy) is 3. The van der Waals surface area contributed by atoms with Gasteiger partial charge in [0, 0.05) is 16.1 Å². The number of benzene rings is 2. The van der Waals surface area contributed by atoms with Gasteiger partial charge in [0.05, 0.1) is 33.1 Å². The van der Waals surface area contributed by atoms with Crippen LogP contribution in [0.4, 0.5) is 0 Å². The molecule has 2 aromatic carbocycles. The SMILES string of the molecule is COc1ccc(/C=N/NC(=O)c2cc(Br)ccc2OC)c(OC)c1. The van der Waals surface area contributed by atoms with Crippen molar-refractivity contribution in [3.63, 3.8) is 0 Å². The van der Waals surface area contributed by atoms with Crippen molar-refractivity contribution in [2.75, 3.05) is 21.3 Å². The van der Waals surface area contributed by atoms with Crippen LogP contribution in [-0.4, -0.2) is 33.5 Å². The number of halogens is 1. The average molecular weight is 393 g/mol. The molecule has 2 aromatic rings. The molecule has 7 heteroatoms. The molecular formula is C17H17BrN2O4. The molecule has 0 fully saturated rings. The molecule has 0 spiro atoms. The van der Waals surface area contributed by atoms with Gasteiger partial charge in [-0.3, -0.25) is 4.79 Å². The van der Waals surface area contributed by atoms with Crippen molar-refractivity contribution in [3.8, 4) is 17.2 Å². The average Bonchev–Trinajstić information content (AvgIpc) is 2.61. The van der Waals surface area contributed by atoms with Gasteiger partial charge in [-0.25, -0.2) is 5.43 Å². The molecule has 0 saturated carbocycles. The lowest BCUT2D eigenvalue weighted by atomic mass is 10.2. The predicted molar refractivity (Wildman–Crippen MR) is 95.3 cm³/mol. The first-order chi connectivity index (χ1) is 11.6. The first-order valence-electron chi connectivity index (χ1n) is 6.98. The summed E-state index contributed by atoms with van der Waals surface area (Å²) in [6.45, 7) is 0. The highest BCUT2D eigenvalue weighted by atomic mass is 79.9. The van der Waals surface area contributed by atoms with Gasteiger partial charge in [-0.15, -0.1) is 0 Å². The quantitative estimate of drug-likeness (QED) is 0.605. The number of hydrazone groups is 1. The minimum atomic E-state index is -0.378. The van der Waals surface area contributed by atoms with Crippen LogP contribution < -0.4 is 19.6 Å². The van der Waals surface area contributed by atoms with Gasteiger partial charge < -0.3 is 14.2 Å². The van der Waals surface area contributed by atoms with Crippen LogP contribution in [0.2, 0.25) is 0 Å². The fourth-order valence-electron chi connectivity index (χ4n) is 2.00. The molecule has 0 radical (unpaired) electrons. The number of nitrogens with one attached hydrogen (secondary N) is 1. The largest absolute Gasteiger partial charge is 0.497 e. The van der Waals surface area contributed by atoms with Crippen molar-refractivity contribution < 1.29 is 19.0 Å². The second-order valence-electron chi connectivity index (χ2n) is 4.65. The van der Waals surface area contributed by atoms with Crippen molar-refractivity contribution in [2.24, 2.45) is 5.10 Å². The smallest absolute Gasteiger partial charge is 0.275 e. The van der Waals surface area contributed by atoms with E-state index in [0.29, 0.717) is 28.4 Å². The van der Waals surface area contributed by atoms with Gasteiger partial charge in [-0.1, -0.05) is 15.9 Å². The summed E-state index contributed by atoms with van der Waals surface area (Å²) < 4.78 is 16.4. The maximum atomic E-state index is 12.2. The van der Waals surface area contributed by atoms with Crippen LogP contribution in [0.25, 0.3) is 0 Å². The molecule has 1 N–H and O–H groups in total. The highest BCUT2D eigenvalue weighted by Gasteiger charge is 2.12. The maximum Gasteiger partial charge on any atom is 0.275 e. The number of amides is 1. The number of nitrogens with zero attached hydrogens (tertiary/aromatic N) is 1. The summed E-state index contributed by atoms with van der Waals surface area (Å²) >= 11 is 3.33. The van der Waals surface area contributed by atoms with Crippen LogP contribution in [-0.2, 0) is 0 Å². The Hall–Kier alpha value is -2.54. The summed E-state index contributed by atoms with van der Waals surface area (Å²) in [5.41, 5.74) is 3.56. The minimum Gasteiger partial charge on any atom is -0.497 e. The van der Waals surface area contributed by atoms with Crippen LogP contribution in [0.1, 0.15) is 15.9 Å². The molecule has 24 heavy (non-hydrogen) atoms. The topological polar surface area (TPSA) is 69.2 Å². The Morgan fingerprint density at radius 1 is 1.04 bits per heavy atom. The van der Waals surface area contributed by atoms with E-state index in [2.05, 4.69) is 26.5 Å². The number of methoxy groups -OCH3 is 3. The predicted octanol–water partition coefficient (Wildman–Crippen LogP) is 3.24. The molecule has 0 heterocycles. The molecular weight excluding hydrogens is 376 g/mol. The van der Waals surface area contributed by atoms with E-state index in [1.807, 2.05) is 0 Å². The number of carbonyl (C=O) groups is 1. The van der Waals surface area contributed by atoms with E-state index in [4.69, 9.17) is 14.2 Å². The summed E-state index contributed by atoms with van der Waals surface area (Å²) in [6, 6.07) is 10.5. The lowest BCUT2D eigenvalue weighted by Gasteiger charge is -2.08. The Bertz CT molecular complexity index is 762. The van der Waals surface area contributed by atoms with E-state index in [-0.39, 0.29) is 5.91 Å². The summed E-state index contributed by atoms with van der Waals surface area (Å²) in [4.78, 5) is 12.2. The second-order valence-corrected chi connectivity index (χ2v) is 5.57. The third kappa shape index (κ3) is 4.26. The van der Waals surface area contributed by atoms with Gasteiger partial charge in [0.1, 0.15) is 17.2 Å². The minimum absolute atomic E-state index is 0.378. The summed E-state index contributed by atoms with van der Waals surface area (Å²) in [7, 11) is 4.64. The zero-order valence-corrected chi connectivity index (χ0v) is 15.1. The second kappa shape index (κ2) is 8.35. The molecule has 0 bridgehead atoms. The highest BCUT2D eigenvalue weighted by Crippen LogP contribution is 2.24. The molecule has 0 aliphatic heterocycles. The summed E-state index contributed by atoms with van der Waals surface area (Å²) in [5.74, 6) is 1.35. The van der Waals surface area contributed by atoms with Gasteiger partial charge in [-0.05, 0) is 30.3 Å². The van der Waals surface area contributed by atoms with Crippen molar-refractivity contribution in [2.45, 2.75) is 0 Å². The molecule has 0 aliphatic rings. The fourth-order valence-corrected chi connectivity index (χ4v) is 2.36. The normalized spacial score (nSPS) is 10.5. The van der Waals surface area contributed by atoms with Crippen molar-refractivity contribution >= 4 is 28.1 Å². The zero-order chi connectivity index (χ0) is 17.5. The Morgan fingerprint density at radius 2 is 1.79 bits per heavy atom. The van der Waals surface area contributed by atoms with Crippen molar-refractivity contribution in [1.82, 2.24) is 5.43 Å². The first kappa shape index (κ1) is 17.8. The van der Waals surface area contributed by atoms with E-state index in [9.17, 15) is 4.79 Å². The summed E-state index contributed by atoms with van der Waals surface area (Å²) in [5, 5.41) is 3.97. The molecule has 0 unspecified atom stereocenters. The van der Waals surface area contributed by atoms with Gasteiger partial charge >= 0.3 is 0 Å². The zero-order valence-electron chi connectivity index (χ0n) is 13.5. The monoisotopic (exact) mass is 392 g/mol. The number of carbonyl (C=O) groups excluding carboxylic acids is 1. The van der Waals surface area contributed by atoms with Crippen molar-refractivity contribution in [3.05, 3.63) is 52.0 Å². The molecule has 2 rings (SSSR count). The van der Waals surface area contributed by atoms with E-state index in [1.54, 1.807) is 50.6 Å². The van der Waals surface area contributed by atoms with Gasteiger partial charge in [0.25, 0.3) is 5.91 Å². The van der Waals surface area contributed by atoms with Crippen LogP contribution in [0.15, 0.2) is 46.0 Å². The van der Waals surface area contributed by atoms with Crippen LogP contribution in [0.3, 0.4) is 0 Å². The molecule has 0 saturated heterocycles. The third-order valence-corrected chi connectivity index (χ3v) is 3.71. The van der Waals surface area contributed by atoms with Crippen molar-refractivity contribution in [1.29, 1.82) is 0 Å². The third-order valence-electron chi connectivity index (χ3n) is 3.22. The fraction of sp³-hybridized carbons (Fsp3) is 0.176. The number of rotatable bonds is 6. The van der Waals surface area contributed by atoms with Gasteiger partial charge in [-0.2, -0.15) is 5.10 Å². The van der Waals surface area contributed by atoms with Crippen LogP contribution in [0.5, 0.6) is 17.2 Å². The van der Waals surface area contributed by atoms with Gasteiger partial charge in [0.15, 0.2) is 0 Å². The maximum absolute atomic E-state index is 12.2. The Labute approximate surface area is 148 Å². The number of hydrogen-bond donors (Lipinski definition) is 1. The molecule has 126 valence electrons. The van der Waals surface area contributed by atoms with E-state index < -0.39 is 0 Å². The molecule has 0 atom stereocenters. The highest BCUT2D eigenvalue weighted by molar-refractivity contribution is 9.10. The van der Waals surface area contributed by atoms with Crippen LogP contribution in [0, 0.1) is 0 Å². The Morgan fingerprint density at radius 3 is 2.46 bits per heavy atom. The molecule has 0 aliphatic carbocycles. The number of hydrogen-bond acceptors (Lipinski definition) is 5. The molecule has 6 nitrogen and oxygen atoms in total. The van der Waals surface area contributed by atoms with E-state index in [1.165, 1.54) is 13.3 Å². The lowest BCUT2D eigenvalue weighted by molar-refractivity contribution is 0.0952. The van der Waals surface area contributed by atoms with Crippen LogP contribution >= 0.6 is 15.9 Å². The Kier molecular flexibility index (Phi) is 6.20. The first-order valence-corrected chi connectivity index (χ1v) is 7.77. The molecule has 1 amide bonds. The Balaban J connectivity index is 2.14. The molecule has 0 aromatic heterocycles. The lowest BCUT2D eigenvalue weighted by Crippen LogP contribution is -2.18.